The van der Waals surface area contributed by atoms with Gasteiger partial charge in [0.15, 0.2) is 0 Å². The molecule has 1 aliphatic rings. The fourth-order valence-electron chi connectivity index (χ4n) is 4.61. The number of anilines is 1. The zero-order chi connectivity index (χ0) is 26.3. The van der Waals surface area contributed by atoms with Crippen molar-refractivity contribution < 1.29 is 19.3 Å². The summed E-state index contributed by atoms with van der Waals surface area (Å²) in [6, 6.07) is 18.4. The van der Waals surface area contributed by atoms with E-state index in [0.717, 1.165) is 32.5 Å². The van der Waals surface area contributed by atoms with E-state index in [0.29, 0.717) is 17.8 Å². The van der Waals surface area contributed by atoms with Crippen LogP contribution in [0.25, 0.3) is 17.0 Å². The lowest BCUT2D eigenvalue weighted by molar-refractivity contribution is -0.384. The van der Waals surface area contributed by atoms with E-state index in [2.05, 4.69) is 5.32 Å². The number of carbonyl (C=O) groups is 3. The number of fused-ring (bicyclic) bond motifs is 1. The number of hydrogen-bond donors (Lipinski definition) is 1. The number of aromatic nitrogens is 1. The lowest BCUT2D eigenvalue weighted by atomic mass is 10.0. The van der Waals surface area contributed by atoms with E-state index in [1.165, 1.54) is 18.2 Å². The first-order chi connectivity index (χ1) is 17.7. The van der Waals surface area contributed by atoms with E-state index < -0.39 is 22.8 Å². The van der Waals surface area contributed by atoms with Gasteiger partial charge in [0.25, 0.3) is 17.5 Å². The number of barbiturate groups is 1. The molecule has 4 aromatic rings. The monoisotopic (exact) mass is 494 g/mol. The Balaban J connectivity index is 1.56. The second-order valence-electron chi connectivity index (χ2n) is 8.96. The topological polar surface area (TPSA) is 115 Å². The van der Waals surface area contributed by atoms with Gasteiger partial charge in [-0.05, 0) is 54.8 Å². The highest BCUT2D eigenvalue weighted by Gasteiger charge is 2.37. The van der Waals surface area contributed by atoms with Crippen molar-refractivity contribution in [1.29, 1.82) is 0 Å². The number of amides is 4. The smallest absolute Gasteiger partial charge is 0.335 e. The molecule has 1 aromatic heterocycles. The molecular formula is C28H22N4O5. The third kappa shape index (κ3) is 4.50. The van der Waals surface area contributed by atoms with Crippen molar-refractivity contribution in [2.45, 2.75) is 20.4 Å². The van der Waals surface area contributed by atoms with E-state index in [4.69, 9.17) is 0 Å². The highest BCUT2D eigenvalue weighted by Crippen LogP contribution is 2.28. The molecule has 1 aliphatic heterocycles. The van der Waals surface area contributed by atoms with Gasteiger partial charge in [-0.15, -0.1) is 0 Å². The van der Waals surface area contributed by atoms with Gasteiger partial charge >= 0.3 is 6.03 Å². The van der Waals surface area contributed by atoms with Crippen molar-refractivity contribution in [3.8, 4) is 0 Å². The zero-order valence-corrected chi connectivity index (χ0v) is 20.1. The fraction of sp³-hybridized carbons (Fsp3) is 0.107. The van der Waals surface area contributed by atoms with Gasteiger partial charge in [-0.25, -0.2) is 9.69 Å². The molecule has 37 heavy (non-hydrogen) atoms. The minimum Gasteiger partial charge on any atom is -0.342 e. The zero-order valence-electron chi connectivity index (χ0n) is 20.1. The van der Waals surface area contributed by atoms with Gasteiger partial charge in [-0.1, -0.05) is 36.4 Å². The van der Waals surface area contributed by atoms with Crippen LogP contribution in [-0.2, 0) is 16.1 Å². The first-order valence-electron chi connectivity index (χ1n) is 11.5. The summed E-state index contributed by atoms with van der Waals surface area (Å²) in [5.41, 5.74) is 4.12. The van der Waals surface area contributed by atoms with Crippen molar-refractivity contribution in [3.05, 3.63) is 111 Å². The van der Waals surface area contributed by atoms with E-state index in [9.17, 15) is 24.5 Å². The number of urea groups is 1. The van der Waals surface area contributed by atoms with E-state index in [1.54, 1.807) is 30.5 Å². The maximum atomic E-state index is 13.4. The molecule has 9 nitrogen and oxygen atoms in total. The van der Waals surface area contributed by atoms with Crippen molar-refractivity contribution in [2.24, 2.45) is 0 Å². The van der Waals surface area contributed by atoms with Crippen LogP contribution in [0.5, 0.6) is 0 Å². The number of benzene rings is 3. The van der Waals surface area contributed by atoms with Crippen LogP contribution in [-0.4, -0.2) is 27.3 Å². The van der Waals surface area contributed by atoms with Gasteiger partial charge in [0.1, 0.15) is 5.57 Å². The van der Waals surface area contributed by atoms with Crippen molar-refractivity contribution >= 4 is 46.2 Å². The third-order valence-electron chi connectivity index (χ3n) is 6.16. The predicted molar refractivity (Wildman–Crippen MR) is 139 cm³/mol. The molecule has 0 aliphatic carbocycles. The van der Waals surface area contributed by atoms with Crippen LogP contribution in [0, 0.1) is 24.0 Å². The number of nitro benzene ring substituents is 1. The molecule has 9 heteroatoms. The molecule has 0 bridgehead atoms. The van der Waals surface area contributed by atoms with Crippen LogP contribution >= 0.6 is 0 Å². The molecule has 1 saturated heterocycles. The molecule has 0 saturated carbocycles. The van der Waals surface area contributed by atoms with Crippen LogP contribution in [0.1, 0.15) is 22.3 Å². The summed E-state index contributed by atoms with van der Waals surface area (Å²) in [6.07, 6.45) is 3.26. The Morgan fingerprint density at radius 1 is 0.946 bits per heavy atom. The van der Waals surface area contributed by atoms with Crippen LogP contribution in [0.3, 0.4) is 0 Å². The Kier molecular flexibility index (Phi) is 5.88. The van der Waals surface area contributed by atoms with E-state index in [1.807, 2.05) is 48.7 Å². The first kappa shape index (κ1) is 23.7. The number of carbonyl (C=O) groups excluding carboxylic acids is 3. The Morgan fingerprint density at radius 3 is 2.41 bits per heavy atom. The SMILES string of the molecule is Cc1cc(C)cc(N2C(=O)NC(=O)/C(=C\c3cn(Cc4cccc([N+](=O)[O-])c4)c4ccccc34)C2=O)c1. The van der Waals surface area contributed by atoms with Crippen molar-refractivity contribution in [3.63, 3.8) is 0 Å². The van der Waals surface area contributed by atoms with Gasteiger partial charge in [0.05, 0.1) is 10.6 Å². The van der Waals surface area contributed by atoms with E-state index >= 15 is 0 Å². The summed E-state index contributed by atoms with van der Waals surface area (Å²) in [5, 5.41) is 14.2. The normalized spacial score (nSPS) is 14.9. The summed E-state index contributed by atoms with van der Waals surface area (Å²) in [7, 11) is 0. The number of imide groups is 2. The minimum atomic E-state index is -0.801. The number of nitro groups is 1. The van der Waals surface area contributed by atoms with Crippen LogP contribution in [0.15, 0.2) is 78.5 Å². The molecule has 4 amide bonds. The predicted octanol–water partition coefficient (Wildman–Crippen LogP) is 4.88. The van der Waals surface area contributed by atoms with E-state index in [-0.39, 0.29) is 11.3 Å². The standard InChI is InChI=1S/C28H22N4O5/c1-17-10-18(2)12-22(11-17)31-27(34)24(26(33)29-28(31)35)14-20-16-30(25-9-4-3-8-23(20)25)15-19-6-5-7-21(13-19)32(36)37/h3-14,16H,15H2,1-2H3,(H,29,33,35)/b24-14+. The summed E-state index contributed by atoms with van der Waals surface area (Å²) >= 11 is 0. The number of non-ortho nitro benzene ring substituents is 1. The molecule has 2 heterocycles. The Bertz CT molecular complexity index is 1630. The Hall–Kier alpha value is -5.05. The van der Waals surface area contributed by atoms with Gasteiger partial charge in [-0.3, -0.25) is 25.0 Å². The van der Waals surface area contributed by atoms with Gasteiger partial charge < -0.3 is 4.57 Å². The van der Waals surface area contributed by atoms with Crippen LogP contribution in [0.4, 0.5) is 16.2 Å². The first-order valence-corrected chi connectivity index (χ1v) is 11.5. The van der Waals surface area contributed by atoms with Crippen molar-refractivity contribution in [2.75, 3.05) is 4.90 Å². The average Bonchev–Trinajstić information content (AvgIpc) is 3.18. The Labute approximate surface area is 211 Å². The van der Waals surface area contributed by atoms with Gasteiger partial charge in [0.2, 0.25) is 0 Å². The Morgan fingerprint density at radius 2 is 1.68 bits per heavy atom. The quantitative estimate of drug-likeness (QED) is 0.184. The summed E-state index contributed by atoms with van der Waals surface area (Å²) in [6.45, 7) is 4.07. The molecule has 184 valence electrons. The van der Waals surface area contributed by atoms with Crippen LogP contribution < -0.4 is 10.2 Å². The number of aryl methyl sites for hydroxylation is 2. The maximum absolute atomic E-state index is 13.4. The molecule has 0 unspecified atom stereocenters. The maximum Gasteiger partial charge on any atom is 0.335 e. The highest BCUT2D eigenvalue weighted by atomic mass is 16.6. The number of para-hydroxylation sites is 1. The van der Waals surface area contributed by atoms with Crippen LogP contribution in [0.2, 0.25) is 0 Å². The van der Waals surface area contributed by atoms with Gasteiger partial charge in [0, 0.05) is 41.3 Å². The van der Waals surface area contributed by atoms with Crippen molar-refractivity contribution in [1.82, 2.24) is 9.88 Å². The highest BCUT2D eigenvalue weighted by molar-refractivity contribution is 6.39. The second kappa shape index (κ2) is 9.19. The molecule has 5 rings (SSSR count). The summed E-state index contributed by atoms with van der Waals surface area (Å²) in [5.74, 6) is -1.49. The number of hydrogen-bond acceptors (Lipinski definition) is 5. The lowest BCUT2D eigenvalue weighted by Crippen LogP contribution is -2.54. The lowest BCUT2D eigenvalue weighted by Gasteiger charge is -2.26. The number of nitrogens with one attached hydrogen (secondary N) is 1. The molecular weight excluding hydrogens is 472 g/mol. The minimum absolute atomic E-state index is 0.00285. The second-order valence-corrected chi connectivity index (χ2v) is 8.96. The molecule has 0 spiro atoms. The van der Waals surface area contributed by atoms with Gasteiger partial charge in [-0.2, -0.15) is 0 Å². The summed E-state index contributed by atoms with van der Waals surface area (Å²) < 4.78 is 1.90. The fourth-order valence-corrected chi connectivity index (χ4v) is 4.61. The molecule has 1 fully saturated rings. The molecule has 1 N–H and O–H groups in total. The summed E-state index contributed by atoms with van der Waals surface area (Å²) in [4.78, 5) is 50.5. The molecule has 0 atom stereocenters. The molecule has 3 aromatic carbocycles. The average molecular weight is 495 g/mol. The third-order valence-corrected chi connectivity index (χ3v) is 6.16. The number of nitrogens with zero attached hydrogens (tertiary/aromatic N) is 3. The largest absolute Gasteiger partial charge is 0.342 e. The molecule has 0 radical (unpaired) electrons. The number of rotatable bonds is 5.